The molecule has 0 atom stereocenters. The maximum absolute atomic E-state index is 12.1. The number of para-hydroxylation sites is 1. The third-order valence-corrected chi connectivity index (χ3v) is 3.68. The van der Waals surface area contributed by atoms with Crippen LogP contribution in [0.5, 0.6) is 0 Å². The van der Waals surface area contributed by atoms with Crippen LogP contribution in [0.15, 0.2) is 30.5 Å². The molecule has 0 radical (unpaired) electrons. The third-order valence-electron chi connectivity index (χ3n) is 3.68. The van der Waals surface area contributed by atoms with Crippen molar-refractivity contribution in [1.82, 2.24) is 15.3 Å². The first-order chi connectivity index (χ1) is 11.2. The Kier molecular flexibility index (Phi) is 6.09. The Labute approximate surface area is 137 Å². The molecule has 0 aliphatic carbocycles. The molecular weight excluding hydrogens is 288 g/mol. The van der Waals surface area contributed by atoms with Crippen molar-refractivity contribution >= 4 is 17.5 Å². The second-order valence-electron chi connectivity index (χ2n) is 5.46. The lowest BCUT2D eigenvalue weighted by atomic mass is 10.1. The van der Waals surface area contributed by atoms with Crippen molar-refractivity contribution in [3.8, 4) is 0 Å². The number of rotatable bonds is 7. The molecule has 0 saturated carbocycles. The van der Waals surface area contributed by atoms with E-state index in [-0.39, 0.29) is 5.91 Å². The number of nitrogens with one attached hydrogen (secondary N) is 2. The van der Waals surface area contributed by atoms with Gasteiger partial charge in [0, 0.05) is 18.4 Å². The lowest BCUT2D eigenvalue weighted by molar-refractivity contribution is 0.0948. The maximum atomic E-state index is 12.1. The first kappa shape index (κ1) is 16.9. The van der Waals surface area contributed by atoms with Crippen LogP contribution in [0, 0.1) is 6.92 Å². The summed E-state index contributed by atoms with van der Waals surface area (Å²) >= 11 is 0. The fourth-order valence-electron chi connectivity index (χ4n) is 2.33. The van der Waals surface area contributed by atoms with Gasteiger partial charge in [0.25, 0.3) is 5.91 Å². The van der Waals surface area contributed by atoms with Gasteiger partial charge in [-0.05, 0) is 37.0 Å². The summed E-state index contributed by atoms with van der Waals surface area (Å²) in [4.78, 5) is 20.6. The Balaban J connectivity index is 2.16. The van der Waals surface area contributed by atoms with E-state index in [1.54, 1.807) is 12.3 Å². The minimum Gasteiger partial charge on any atom is -0.351 e. The molecule has 0 saturated heterocycles. The molecule has 0 spiro atoms. The van der Waals surface area contributed by atoms with E-state index in [2.05, 4.69) is 40.5 Å². The van der Waals surface area contributed by atoms with Crippen molar-refractivity contribution in [2.24, 2.45) is 0 Å². The van der Waals surface area contributed by atoms with Gasteiger partial charge in [0.2, 0.25) is 5.95 Å². The summed E-state index contributed by atoms with van der Waals surface area (Å²) in [5, 5.41) is 6.12. The van der Waals surface area contributed by atoms with Gasteiger partial charge in [-0.2, -0.15) is 0 Å². The molecular formula is C18H24N4O. The molecule has 5 heteroatoms. The number of anilines is 2. The normalized spacial score (nSPS) is 10.4. The topological polar surface area (TPSA) is 66.9 Å². The number of amides is 1. The van der Waals surface area contributed by atoms with Gasteiger partial charge in [-0.25, -0.2) is 9.97 Å². The average molecular weight is 312 g/mol. The zero-order valence-corrected chi connectivity index (χ0v) is 14.0. The highest BCUT2D eigenvalue weighted by molar-refractivity contribution is 5.92. The zero-order chi connectivity index (χ0) is 16.7. The molecule has 0 fully saturated rings. The summed E-state index contributed by atoms with van der Waals surface area (Å²) in [6.45, 7) is 6.91. The molecule has 5 nitrogen and oxygen atoms in total. The van der Waals surface area contributed by atoms with Crippen LogP contribution in [0.25, 0.3) is 0 Å². The van der Waals surface area contributed by atoms with Gasteiger partial charge in [0.05, 0.1) is 0 Å². The monoisotopic (exact) mass is 312 g/mol. The summed E-state index contributed by atoms with van der Waals surface area (Å²) in [6, 6.07) is 7.79. The number of benzene rings is 1. The first-order valence-electron chi connectivity index (χ1n) is 8.12. The minimum atomic E-state index is -0.163. The van der Waals surface area contributed by atoms with E-state index in [1.165, 1.54) is 5.56 Å². The summed E-state index contributed by atoms with van der Waals surface area (Å²) < 4.78 is 0. The van der Waals surface area contributed by atoms with Crippen LogP contribution < -0.4 is 10.6 Å². The predicted octanol–water partition coefficient (Wildman–Crippen LogP) is 3.62. The van der Waals surface area contributed by atoms with E-state index < -0.39 is 0 Å². The number of carbonyl (C=O) groups excluding carboxylic acids is 1. The summed E-state index contributed by atoms with van der Waals surface area (Å²) in [5.41, 5.74) is 3.72. The zero-order valence-electron chi connectivity index (χ0n) is 14.0. The largest absolute Gasteiger partial charge is 0.351 e. The molecule has 2 rings (SSSR count). The second-order valence-corrected chi connectivity index (χ2v) is 5.46. The average Bonchev–Trinajstić information content (AvgIpc) is 2.57. The van der Waals surface area contributed by atoms with E-state index in [0.29, 0.717) is 18.2 Å². The molecule has 0 bridgehead atoms. The lowest BCUT2D eigenvalue weighted by Gasteiger charge is -2.13. The predicted molar refractivity (Wildman–Crippen MR) is 93.1 cm³/mol. The van der Waals surface area contributed by atoms with Gasteiger partial charge in [0.1, 0.15) is 5.69 Å². The van der Waals surface area contributed by atoms with Crippen LogP contribution in [0.4, 0.5) is 11.6 Å². The first-order valence-corrected chi connectivity index (χ1v) is 8.12. The van der Waals surface area contributed by atoms with Crippen LogP contribution in [0.1, 0.15) is 48.3 Å². The summed E-state index contributed by atoms with van der Waals surface area (Å²) in [5.74, 6) is 0.279. The number of hydrogen-bond donors (Lipinski definition) is 2. The Morgan fingerprint density at radius 1 is 1.22 bits per heavy atom. The molecule has 2 N–H and O–H groups in total. The number of unbranched alkanes of at least 4 members (excludes halogenated alkanes) is 1. The molecule has 0 aliphatic heterocycles. The Morgan fingerprint density at radius 2 is 2.04 bits per heavy atom. The molecule has 1 aromatic heterocycles. The van der Waals surface area contributed by atoms with Crippen molar-refractivity contribution in [1.29, 1.82) is 0 Å². The molecule has 0 aliphatic rings. The standard InChI is InChI=1S/C18H24N4O/c1-4-6-11-19-17(23)15-10-12-20-18(21-15)22-16-13(3)8-7-9-14(16)5-2/h7-10,12H,4-6,11H2,1-3H3,(H,19,23)(H,20,21,22). The molecule has 1 amide bonds. The highest BCUT2D eigenvalue weighted by Gasteiger charge is 2.10. The van der Waals surface area contributed by atoms with Gasteiger partial charge in [-0.15, -0.1) is 0 Å². The van der Waals surface area contributed by atoms with Gasteiger partial charge in [0.15, 0.2) is 0 Å². The SMILES string of the molecule is CCCCNC(=O)c1ccnc(Nc2c(C)cccc2CC)n1. The number of aryl methyl sites for hydroxylation is 2. The van der Waals surface area contributed by atoms with E-state index >= 15 is 0 Å². The van der Waals surface area contributed by atoms with Crippen LogP contribution in [0.3, 0.4) is 0 Å². The van der Waals surface area contributed by atoms with Crippen molar-refractivity contribution < 1.29 is 4.79 Å². The van der Waals surface area contributed by atoms with E-state index in [0.717, 1.165) is 30.5 Å². The lowest BCUT2D eigenvalue weighted by Crippen LogP contribution is -2.25. The number of carbonyl (C=O) groups is 1. The van der Waals surface area contributed by atoms with Gasteiger partial charge < -0.3 is 10.6 Å². The van der Waals surface area contributed by atoms with Crippen molar-refractivity contribution in [3.63, 3.8) is 0 Å². The number of aromatic nitrogens is 2. The summed E-state index contributed by atoms with van der Waals surface area (Å²) in [6.07, 6.45) is 4.53. The highest BCUT2D eigenvalue weighted by atomic mass is 16.1. The van der Waals surface area contributed by atoms with Crippen LogP contribution in [0.2, 0.25) is 0 Å². The van der Waals surface area contributed by atoms with E-state index in [9.17, 15) is 4.79 Å². The summed E-state index contributed by atoms with van der Waals surface area (Å²) in [7, 11) is 0. The highest BCUT2D eigenvalue weighted by Crippen LogP contribution is 2.23. The second kappa shape index (κ2) is 8.27. The molecule has 1 heterocycles. The Bertz CT molecular complexity index is 670. The number of nitrogens with zero attached hydrogens (tertiary/aromatic N) is 2. The smallest absolute Gasteiger partial charge is 0.270 e. The van der Waals surface area contributed by atoms with Crippen LogP contribution in [-0.2, 0) is 6.42 Å². The van der Waals surface area contributed by atoms with Crippen molar-refractivity contribution in [2.45, 2.75) is 40.0 Å². The van der Waals surface area contributed by atoms with E-state index in [4.69, 9.17) is 0 Å². The Morgan fingerprint density at radius 3 is 2.78 bits per heavy atom. The fourth-order valence-corrected chi connectivity index (χ4v) is 2.33. The fraction of sp³-hybridized carbons (Fsp3) is 0.389. The molecule has 23 heavy (non-hydrogen) atoms. The van der Waals surface area contributed by atoms with Gasteiger partial charge in [-0.1, -0.05) is 38.5 Å². The third kappa shape index (κ3) is 4.52. The van der Waals surface area contributed by atoms with Gasteiger partial charge >= 0.3 is 0 Å². The quantitative estimate of drug-likeness (QED) is 0.766. The Hall–Kier alpha value is -2.43. The minimum absolute atomic E-state index is 0.163. The van der Waals surface area contributed by atoms with E-state index in [1.807, 2.05) is 19.1 Å². The van der Waals surface area contributed by atoms with Crippen molar-refractivity contribution in [2.75, 3.05) is 11.9 Å². The molecule has 2 aromatic rings. The molecule has 122 valence electrons. The number of hydrogen-bond acceptors (Lipinski definition) is 4. The van der Waals surface area contributed by atoms with Crippen molar-refractivity contribution in [3.05, 3.63) is 47.3 Å². The molecule has 0 unspecified atom stereocenters. The van der Waals surface area contributed by atoms with Gasteiger partial charge in [-0.3, -0.25) is 4.79 Å². The molecule has 1 aromatic carbocycles. The maximum Gasteiger partial charge on any atom is 0.270 e. The van der Waals surface area contributed by atoms with Crippen LogP contribution in [-0.4, -0.2) is 22.4 Å². The van der Waals surface area contributed by atoms with Crippen LogP contribution >= 0.6 is 0 Å².